The number of hydrogen-bond acceptors (Lipinski definition) is 12. The summed E-state index contributed by atoms with van der Waals surface area (Å²) in [4.78, 5) is 0. The fourth-order valence-corrected chi connectivity index (χ4v) is 0. The zero-order chi connectivity index (χ0) is 13.5. The number of hydrogen-bond donors (Lipinski definition) is 0. The Morgan fingerprint density at radius 1 is 0.381 bits per heavy atom. The molecule has 21 heteroatoms. The fraction of sp³-hybridized carbons (Fsp3) is 0. The van der Waals surface area contributed by atoms with E-state index < -0.39 is 31.2 Å². The minimum atomic E-state index is -5.17. The summed E-state index contributed by atoms with van der Waals surface area (Å²) in [6.45, 7) is 0. The zero-order valence-electron chi connectivity index (χ0n) is 9.28. The first-order valence-electron chi connectivity index (χ1n) is 2.00. The van der Waals surface area contributed by atoms with E-state index in [1.165, 1.54) is 0 Å². The maximum Gasteiger partial charge on any atom is 3.00 e. The molecule has 0 aliphatic carbocycles. The third-order valence-corrected chi connectivity index (χ3v) is 0. The summed E-state index contributed by atoms with van der Waals surface area (Å²) in [5, 5.41) is 0. The van der Waals surface area contributed by atoms with Gasteiger partial charge in [-0.15, -0.1) is 0 Å². The third kappa shape index (κ3) is 26500. The quantitative estimate of drug-likeness (QED) is 0.202. The van der Waals surface area contributed by atoms with Gasteiger partial charge in [-0.2, -0.15) is 0 Å². The van der Waals surface area contributed by atoms with Gasteiger partial charge in [0.25, 0.3) is 0 Å². The van der Waals surface area contributed by atoms with E-state index in [1.54, 1.807) is 0 Å². The van der Waals surface area contributed by atoms with Crippen molar-refractivity contribution in [2.45, 2.75) is 0 Å². The fourth-order valence-electron chi connectivity index (χ4n) is 0. The molecular formula is H8Al2O16S3. The van der Waals surface area contributed by atoms with Crippen molar-refractivity contribution >= 4 is 65.9 Å². The molecule has 0 amide bonds. The van der Waals surface area contributed by atoms with Gasteiger partial charge in [0.1, 0.15) is 0 Å². The van der Waals surface area contributed by atoms with E-state index >= 15 is 0 Å². The Morgan fingerprint density at radius 2 is 0.381 bits per heavy atom. The molecule has 128 valence electrons. The summed E-state index contributed by atoms with van der Waals surface area (Å²) in [5.41, 5.74) is 0. The topological polar surface area (TPSA) is 367 Å². The van der Waals surface area contributed by atoms with E-state index in [9.17, 15) is 0 Å². The first-order valence-corrected chi connectivity index (χ1v) is 6.00. The molecular weight excluding hydrogens is 406 g/mol. The molecule has 0 radical (unpaired) electrons. The normalized spacial score (nSPS) is 8.29. The van der Waals surface area contributed by atoms with Crippen LogP contribution in [-0.2, 0) is 31.2 Å². The summed E-state index contributed by atoms with van der Waals surface area (Å²) >= 11 is 0. The summed E-state index contributed by atoms with van der Waals surface area (Å²) in [6.07, 6.45) is 0. The van der Waals surface area contributed by atoms with Crippen LogP contribution in [0.3, 0.4) is 0 Å². The molecule has 0 rings (SSSR count). The van der Waals surface area contributed by atoms with Gasteiger partial charge in [0, 0.05) is 31.2 Å². The van der Waals surface area contributed by atoms with Crippen LogP contribution in [0.1, 0.15) is 0 Å². The standard InChI is InChI=1S/2Al.3H2O4S.4H2O/c;;3*1-5(2,3)4;;;;/h;;3*(H2,1,2,3,4);4*1H2/q2*+3;;;;;;;/p-6. The van der Waals surface area contributed by atoms with Crippen molar-refractivity contribution < 1.29 is 74.5 Å². The van der Waals surface area contributed by atoms with Gasteiger partial charge in [-0.25, -0.2) is 0 Å². The Bertz CT molecular complexity index is 342. The van der Waals surface area contributed by atoms with E-state index in [4.69, 9.17) is 52.6 Å². The largest absolute Gasteiger partial charge is 3.00 e. The molecule has 0 aromatic carbocycles. The zero-order valence-corrected chi connectivity index (χ0v) is 14.0. The maximum atomic E-state index is 8.52. The average Bonchev–Trinajstić information content (AvgIpc) is 1.41. The molecule has 0 unspecified atom stereocenters. The van der Waals surface area contributed by atoms with Gasteiger partial charge in [-0.3, -0.25) is 25.3 Å². The molecule has 0 aromatic rings. The molecule has 8 N–H and O–H groups in total. The molecule has 0 spiro atoms. The van der Waals surface area contributed by atoms with Crippen LogP contribution in [0, 0.1) is 0 Å². The molecule has 0 bridgehead atoms. The van der Waals surface area contributed by atoms with Crippen LogP contribution in [0.4, 0.5) is 0 Å². The van der Waals surface area contributed by atoms with Gasteiger partial charge < -0.3 is 49.2 Å². The van der Waals surface area contributed by atoms with Crippen molar-refractivity contribution in [1.29, 1.82) is 0 Å². The predicted molar refractivity (Wildman–Crippen MR) is 57.4 cm³/mol. The van der Waals surface area contributed by atoms with Crippen molar-refractivity contribution in [3.8, 4) is 0 Å². The second kappa shape index (κ2) is 22.8. The van der Waals surface area contributed by atoms with Crippen LogP contribution in [0.15, 0.2) is 0 Å². The Hall–Kier alpha value is 0.515. The van der Waals surface area contributed by atoms with Crippen molar-refractivity contribution in [3.63, 3.8) is 0 Å². The molecule has 0 aliphatic rings. The van der Waals surface area contributed by atoms with Gasteiger partial charge in [0.2, 0.25) is 0 Å². The van der Waals surface area contributed by atoms with Gasteiger partial charge in [0.15, 0.2) is 0 Å². The van der Waals surface area contributed by atoms with E-state index in [2.05, 4.69) is 0 Å². The predicted octanol–water partition coefficient (Wildman–Crippen LogP) is -8.07. The van der Waals surface area contributed by atoms with E-state index in [-0.39, 0.29) is 56.6 Å². The van der Waals surface area contributed by atoms with E-state index in [0.717, 1.165) is 0 Å². The molecule has 0 aliphatic heterocycles. The summed E-state index contributed by atoms with van der Waals surface area (Å²) in [7, 11) is -15.5. The first kappa shape index (κ1) is 57.8. The van der Waals surface area contributed by atoms with Crippen molar-refractivity contribution in [3.05, 3.63) is 0 Å². The van der Waals surface area contributed by atoms with Gasteiger partial charge in [-0.05, 0) is 0 Å². The molecule has 0 saturated carbocycles. The Labute approximate surface area is 140 Å². The van der Waals surface area contributed by atoms with Crippen LogP contribution in [0.5, 0.6) is 0 Å². The van der Waals surface area contributed by atoms with Crippen molar-refractivity contribution in [2.24, 2.45) is 0 Å². The first-order chi connectivity index (χ1) is 6.00. The molecule has 0 atom stereocenters. The van der Waals surface area contributed by atoms with Crippen LogP contribution >= 0.6 is 0 Å². The molecule has 0 fully saturated rings. The second-order valence-corrected chi connectivity index (χ2v) is 3.67. The average molecular weight is 414 g/mol. The Balaban J connectivity index is -0.0000000129. The maximum absolute atomic E-state index is 8.52. The Morgan fingerprint density at radius 3 is 0.381 bits per heavy atom. The molecule has 16 nitrogen and oxygen atoms in total. The third-order valence-electron chi connectivity index (χ3n) is 0. The van der Waals surface area contributed by atoms with Gasteiger partial charge in [-0.1, -0.05) is 0 Å². The minimum absolute atomic E-state index is 0. The molecule has 21 heavy (non-hydrogen) atoms. The summed E-state index contributed by atoms with van der Waals surface area (Å²) < 4.78 is 102. The Kier molecular flexibility index (Phi) is 62.7. The minimum Gasteiger partial charge on any atom is -0.759 e. The SMILES string of the molecule is O.O.O.O.O=S(=O)([O-])[O-].O=S(=O)([O-])[O-].O=S(=O)([O-])[O-].[Al+3].[Al+3]. The van der Waals surface area contributed by atoms with Crippen LogP contribution < -0.4 is 0 Å². The summed E-state index contributed by atoms with van der Waals surface area (Å²) in [5.74, 6) is 0. The number of rotatable bonds is 0. The van der Waals surface area contributed by atoms with Crippen LogP contribution in [0.25, 0.3) is 0 Å². The molecule has 0 aromatic heterocycles. The molecule has 0 saturated heterocycles. The smallest absolute Gasteiger partial charge is 0.759 e. The van der Waals surface area contributed by atoms with E-state index in [0.29, 0.717) is 0 Å². The molecule has 0 heterocycles. The summed E-state index contributed by atoms with van der Waals surface area (Å²) in [6, 6.07) is 0. The van der Waals surface area contributed by atoms with Crippen LogP contribution in [-0.4, -0.2) is 109 Å². The van der Waals surface area contributed by atoms with Crippen molar-refractivity contribution in [1.82, 2.24) is 0 Å². The van der Waals surface area contributed by atoms with Gasteiger partial charge in [0.05, 0.1) is 0 Å². The van der Waals surface area contributed by atoms with Crippen molar-refractivity contribution in [2.75, 3.05) is 0 Å². The van der Waals surface area contributed by atoms with Gasteiger partial charge >= 0.3 is 34.7 Å². The van der Waals surface area contributed by atoms with Crippen LogP contribution in [0.2, 0.25) is 0 Å². The monoisotopic (exact) mass is 414 g/mol. The van der Waals surface area contributed by atoms with E-state index in [1.807, 2.05) is 0 Å². The second-order valence-electron chi connectivity index (χ2n) is 1.22.